The highest BCUT2D eigenvalue weighted by Crippen LogP contribution is 2.35. The standard InChI is InChI=1S/C35H41F2N7O4/c1-19(2)28-30(20(3)12-13-38-28)44-32-24(16-26(37)29(40-32)27-23(17-39-22(5)45)10-9-11-25(27)36)31(41-33(44)46)43-15-14-42(18-21(43)4)34(47)48-35(6,7)8/h9-13,16,19,21H,14-15,17-18H2,1-8H3,(H,39,45)/t21-/m0/s1. The zero-order valence-corrected chi connectivity index (χ0v) is 28.5. The number of rotatable bonds is 6. The Morgan fingerprint density at radius 1 is 1.10 bits per heavy atom. The summed E-state index contributed by atoms with van der Waals surface area (Å²) in [6.45, 7) is 15.1. The number of aryl methyl sites for hydroxylation is 1. The smallest absolute Gasteiger partial charge is 0.410 e. The van der Waals surface area contributed by atoms with Crippen molar-refractivity contribution in [3.63, 3.8) is 0 Å². The third-order valence-corrected chi connectivity index (χ3v) is 8.14. The van der Waals surface area contributed by atoms with Crippen molar-refractivity contribution in [3.8, 4) is 16.9 Å². The van der Waals surface area contributed by atoms with E-state index in [-0.39, 0.29) is 72.2 Å². The van der Waals surface area contributed by atoms with Gasteiger partial charge in [0.2, 0.25) is 5.91 Å². The van der Waals surface area contributed by atoms with Crippen LogP contribution < -0.4 is 15.9 Å². The van der Waals surface area contributed by atoms with E-state index >= 15 is 8.78 Å². The molecule has 1 aliphatic rings. The lowest BCUT2D eigenvalue weighted by Crippen LogP contribution is -2.55. The molecule has 1 aromatic carbocycles. The zero-order valence-electron chi connectivity index (χ0n) is 28.5. The van der Waals surface area contributed by atoms with Crippen molar-refractivity contribution < 1.29 is 23.1 Å². The van der Waals surface area contributed by atoms with E-state index in [2.05, 4.69) is 15.3 Å². The second-order valence-corrected chi connectivity index (χ2v) is 13.4. The number of carbonyl (C=O) groups is 2. The number of nitrogens with zero attached hydrogens (tertiary/aromatic N) is 6. The van der Waals surface area contributed by atoms with Crippen LogP contribution in [0.4, 0.5) is 19.4 Å². The number of hydrogen-bond donors (Lipinski definition) is 1. The third kappa shape index (κ3) is 6.85. The number of pyridine rings is 2. The molecule has 13 heteroatoms. The average molecular weight is 662 g/mol. The van der Waals surface area contributed by atoms with Gasteiger partial charge in [0.05, 0.1) is 16.8 Å². The van der Waals surface area contributed by atoms with Crippen LogP contribution in [0.1, 0.15) is 71.2 Å². The van der Waals surface area contributed by atoms with Crippen LogP contribution in [-0.4, -0.2) is 67.7 Å². The Balaban J connectivity index is 1.75. The van der Waals surface area contributed by atoms with Gasteiger partial charge in [-0.2, -0.15) is 4.98 Å². The van der Waals surface area contributed by atoms with Crippen molar-refractivity contribution in [1.29, 1.82) is 0 Å². The summed E-state index contributed by atoms with van der Waals surface area (Å²) in [5, 5.41) is 2.87. The van der Waals surface area contributed by atoms with Gasteiger partial charge in [0.15, 0.2) is 5.65 Å². The molecule has 0 aliphatic carbocycles. The van der Waals surface area contributed by atoms with Gasteiger partial charge < -0.3 is 19.9 Å². The van der Waals surface area contributed by atoms with E-state index in [0.717, 1.165) is 5.56 Å². The first-order valence-electron chi connectivity index (χ1n) is 15.9. The van der Waals surface area contributed by atoms with Crippen molar-refractivity contribution in [2.24, 2.45) is 0 Å². The van der Waals surface area contributed by atoms with Gasteiger partial charge in [-0.05, 0) is 69.9 Å². The van der Waals surface area contributed by atoms with Crippen LogP contribution >= 0.6 is 0 Å². The summed E-state index contributed by atoms with van der Waals surface area (Å²) < 4.78 is 38.7. The van der Waals surface area contributed by atoms with Gasteiger partial charge in [-0.25, -0.2) is 27.9 Å². The van der Waals surface area contributed by atoms with Gasteiger partial charge >= 0.3 is 11.8 Å². The van der Waals surface area contributed by atoms with Crippen molar-refractivity contribution >= 4 is 28.9 Å². The second kappa shape index (κ2) is 13.3. The number of anilines is 1. The number of piperazine rings is 1. The van der Waals surface area contributed by atoms with Crippen molar-refractivity contribution in [2.75, 3.05) is 24.5 Å². The van der Waals surface area contributed by atoms with E-state index in [0.29, 0.717) is 16.9 Å². The summed E-state index contributed by atoms with van der Waals surface area (Å²) in [5.74, 6) is -1.81. The minimum atomic E-state index is -0.836. The Hall–Kier alpha value is -4.94. The van der Waals surface area contributed by atoms with Crippen LogP contribution in [0.25, 0.3) is 28.0 Å². The zero-order chi connectivity index (χ0) is 35.1. The Kier molecular flexibility index (Phi) is 9.52. The summed E-state index contributed by atoms with van der Waals surface area (Å²) >= 11 is 0. The molecular weight excluding hydrogens is 620 g/mol. The SMILES string of the molecule is CC(=O)NCc1cccc(F)c1-c1nc2c(cc1F)c(N1CCN(C(=O)OC(C)(C)C)C[C@@H]1C)nc(=O)n2-c1c(C)ccnc1C(C)C. The molecular formula is C35H41F2N7O4. The molecule has 0 spiro atoms. The molecule has 1 atom stereocenters. The van der Waals surface area contributed by atoms with Gasteiger partial charge in [-0.15, -0.1) is 0 Å². The lowest BCUT2D eigenvalue weighted by molar-refractivity contribution is -0.119. The number of ether oxygens (including phenoxy) is 1. The highest BCUT2D eigenvalue weighted by Gasteiger charge is 2.33. The summed E-state index contributed by atoms with van der Waals surface area (Å²) in [6.07, 6.45) is 1.20. The summed E-state index contributed by atoms with van der Waals surface area (Å²) in [7, 11) is 0. The fourth-order valence-corrected chi connectivity index (χ4v) is 5.95. The third-order valence-electron chi connectivity index (χ3n) is 8.14. The molecule has 0 radical (unpaired) electrons. The maximum atomic E-state index is 16.3. The molecule has 254 valence electrons. The van der Waals surface area contributed by atoms with E-state index in [1.165, 1.54) is 29.7 Å². The van der Waals surface area contributed by atoms with Gasteiger partial charge in [-0.1, -0.05) is 26.0 Å². The van der Waals surface area contributed by atoms with E-state index in [9.17, 15) is 14.4 Å². The van der Waals surface area contributed by atoms with Crippen LogP contribution in [0.5, 0.6) is 0 Å². The van der Waals surface area contributed by atoms with Gasteiger partial charge in [0.1, 0.15) is 28.7 Å². The van der Waals surface area contributed by atoms with Crippen molar-refractivity contribution in [2.45, 2.75) is 79.5 Å². The van der Waals surface area contributed by atoms with Crippen LogP contribution in [-0.2, 0) is 16.1 Å². The fraction of sp³-hybridized carbons (Fsp3) is 0.429. The highest BCUT2D eigenvalue weighted by atomic mass is 19.1. The van der Waals surface area contributed by atoms with E-state index in [4.69, 9.17) is 9.72 Å². The van der Waals surface area contributed by atoms with E-state index < -0.39 is 29.0 Å². The monoisotopic (exact) mass is 661 g/mol. The molecule has 4 aromatic rings. The molecule has 3 aromatic heterocycles. The number of aromatic nitrogens is 4. The number of amides is 2. The molecule has 1 fully saturated rings. The van der Waals surface area contributed by atoms with Gasteiger partial charge in [0, 0.05) is 50.9 Å². The van der Waals surface area contributed by atoms with Crippen LogP contribution in [0.15, 0.2) is 41.3 Å². The molecule has 0 saturated carbocycles. The minimum absolute atomic E-state index is 0.0609. The molecule has 0 unspecified atom stereocenters. The Morgan fingerprint density at radius 2 is 1.83 bits per heavy atom. The van der Waals surface area contributed by atoms with Crippen molar-refractivity contribution in [3.05, 3.63) is 75.5 Å². The highest BCUT2D eigenvalue weighted by molar-refractivity contribution is 5.91. The maximum Gasteiger partial charge on any atom is 0.410 e. The Bertz CT molecular complexity index is 1950. The normalized spacial score (nSPS) is 15.3. The van der Waals surface area contributed by atoms with Crippen molar-refractivity contribution in [1.82, 2.24) is 29.7 Å². The first-order chi connectivity index (χ1) is 22.6. The number of fused-ring (bicyclic) bond motifs is 1. The molecule has 0 bridgehead atoms. The lowest BCUT2D eigenvalue weighted by atomic mass is 10.0. The summed E-state index contributed by atoms with van der Waals surface area (Å²) in [5.41, 5.74) is 0.376. The predicted molar refractivity (Wildman–Crippen MR) is 179 cm³/mol. The number of nitrogens with one attached hydrogen (secondary N) is 1. The molecule has 1 aliphatic heterocycles. The Labute approximate surface area is 278 Å². The number of benzene rings is 1. The van der Waals surface area contributed by atoms with E-state index in [1.54, 1.807) is 44.0 Å². The van der Waals surface area contributed by atoms with Crippen LogP contribution in [0.3, 0.4) is 0 Å². The molecule has 1 saturated heterocycles. The molecule has 4 heterocycles. The summed E-state index contributed by atoms with van der Waals surface area (Å²) in [6, 6.07) is 6.90. The summed E-state index contributed by atoms with van der Waals surface area (Å²) in [4.78, 5) is 55.9. The van der Waals surface area contributed by atoms with E-state index in [1.807, 2.05) is 32.6 Å². The van der Waals surface area contributed by atoms with Gasteiger partial charge in [0.25, 0.3) is 0 Å². The molecule has 1 N–H and O–H groups in total. The van der Waals surface area contributed by atoms with Gasteiger partial charge in [-0.3, -0.25) is 9.78 Å². The topological polar surface area (TPSA) is 123 Å². The number of hydrogen-bond acceptors (Lipinski definition) is 8. The molecule has 11 nitrogen and oxygen atoms in total. The number of halogens is 2. The maximum absolute atomic E-state index is 16.3. The average Bonchev–Trinajstić information content (AvgIpc) is 2.99. The van der Waals surface area contributed by atoms with Crippen LogP contribution in [0, 0.1) is 18.6 Å². The fourth-order valence-electron chi connectivity index (χ4n) is 5.95. The lowest BCUT2D eigenvalue weighted by Gasteiger charge is -2.41. The first-order valence-corrected chi connectivity index (χ1v) is 15.9. The minimum Gasteiger partial charge on any atom is -0.444 e. The molecule has 5 rings (SSSR count). The van der Waals surface area contributed by atoms with Crippen LogP contribution in [0.2, 0.25) is 0 Å². The quantitative estimate of drug-likeness (QED) is 0.282. The largest absolute Gasteiger partial charge is 0.444 e. The second-order valence-electron chi connectivity index (χ2n) is 13.4. The first kappa shape index (κ1) is 34.4. The molecule has 48 heavy (non-hydrogen) atoms. The number of carbonyl (C=O) groups excluding carboxylic acids is 2. The molecule has 2 amide bonds. The predicted octanol–water partition coefficient (Wildman–Crippen LogP) is 5.63. The Morgan fingerprint density at radius 3 is 2.48 bits per heavy atom.